The van der Waals surface area contributed by atoms with Crippen LogP contribution in [0.1, 0.15) is 0 Å². The molecule has 0 fully saturated rings. The maximum atomic E-state index is 2.51. The number of halogens is 3. The summed E-state index contributed by atoms with van der Waals surface area (Å²) in [5.41, 5.74) is 0. The van der Waals surface area contributed by atoms with Gasteiger partial charge in [0.15, 0.2) is 0 Å². The molecule has 0 nitrogen and oxygen atoms in total. The molecule has 0 aromatic rings. The third-order valence-electron chi connectivity index (χ3n) is 0. The van der Waals surface area contributed by atoms with Crippen LogP contribution < -0.4 is 0 Å². The molecule has 1 radical (unpaired) electrons. The average molecular weight is 499 g/mol. The van der Waals surface area contributed by atoms with Crippen LogP contribution in [0.2, 0.25) is 0 Å². The van der Waals surface area contributed by atoms with Gasteiger partial charge in [0.05, 0.1) is 0 Å². The van der Waals surface area contributed by atoms with Gasteiger partial charge in [-0.1, -0.05) is 0 Å². The van der Waals surface area contributed by atoms with Gasteiger partial charge in [0.25, 0.3) is 0 Å². The summed E-state index contributed by atoms with van der Waals surface area (Å²) in [4.78, 5) is 0. The summed E-state index contributed by atoms with van der Waals surface area (Å²) in [5.74, 6) is 0. The Morgan fingerprint density at radius 3 is 1.00 bits per heavy atom. The van der Waals surface area contributed by atoms with E-state index < -0.39 is 7.86 Å². The van der Waals surface area contributed by atoms with Crippen LogP contribution in [-0.4, -0.2) is 7.86 Å². The molecule has 0 aromatic carbocycles. The Morgan fingerprint density at radius 1 is 1.00 bits per heavy atom. The molecule has 0 bridgehead atoms. The number of hydrogen-bond donors (Lipinski definition) is 0. The van der Waals surface area contributed by atoms with Gasteiger partial charge in [0, 0.05) is 0 Å². The second-order valence-corrected chi connectivity index (χ2v) is 64.7. The van der Waals surface area contributed by atoms with E-state index in [1.54, 1.807) is 0 Å². The molecular weight excluding hydrogens is 499 g/mol. The third kappa shape index (κ3) is 8.89. The minimum atomic E-state index is -0.633. The van der Waals surface area contributed by atoms with Gasteiger partial charge in [-0.05, 0) is 0 Å². The standard InChI is InChI=1S/3HI.Sn/h3*1H;/q;;;+3/p-3. The number of hydrogen-bond acceptors (Lipinski definition) is 0. The first-order chi connectivity index (χ1) is 1.73. The molecule has 0 aliphatic carbocycles. The van der Waals surface area contributed by atoms with E-state index in [2.05, 4.69) is 55.9 Å². The quantitative estimate of drug-likeness (QED) is 0.355. The van der Waals surface area contributed by atoms with E-state index in [9.17, 15) is 0 Å². The average Bonchev–Trinajstić information content (AvgIpc) is 0.811. The van der Waals surface area contributed by atoms with Crippen molar-refractivity contribution >= 4 is 63.8 Å². The van der Waals surface area contributed by atoms with Gasteiger partial charge in [-0.2, -0.15) is 0 Å². The molecule has 25 valence electrons. The Kier molecular flexibility index (Phi) is 7.26. The maximum absolute atomic E-state index is 2.51. The molecule has 0 aromatic heterocycles. The van der Waals surface area contributed by atoms with Crippen molar-refractivity contribution in [1.29, 1.82) is 0 Å². The van der Waals surface area contributed by atoms with Gasteiger partial charge in [-0.15, -0.1) is 0 Å². The van der Waals surface area contributed by atoms with E-state index in [4.69, 9.17) is 0 Å². The monoisotopic (exact) mass is 501 g/mol. The minimum absolute atomic E-state index is 0.633. The van der Waals surface area contributed by atoms with Crippen molar-refractivity contribution in [2.45, 2.75) is 0 Å². The Balaban J connectivity index is 2.32. The van der Waals surface area contributed by atoms with Gasteiger partial charge in [-0.25, -0.2) is 0 Å². The zero-order valence-corrected chi connectivity index (χ0v) is 11.0. The van der Waals surface area contributed by atoms with E-state index in [0.717, 1.165) is 0 Å². The Labute approximate surface area is 61.8 Å². The first-order valence-electron chi connectivity index (χ1n) is 0.567. The number of rotatable bonds is 0. The molecule has 0 spiro atoms. The first-order valence-corrected chi connectivity index (χ1v) is 25.5. The van der Waals surface area contributed by atoms with Crippen LogP contribution in [0.5, 0.6) is 0 Å². The van der Waals surface area contributed by atoms with E-state index >= 15 is 0 Å². The van der Waals surface area contributed by atoms with Crippen LogP contribution in [0.3, 0.4) is 0 Å². The summed E-state index contributed by atoms with van der Waals surface area (Å²) < 4.78 is 0. The van der Waals surface area contributed by atoms with Gasteiger partial charge in [0.2, 0.25) is 0 Å². The SMILES string of the molecule is [I][Sn]([I])[I]. The molecule has 0 aliphatic heterocycles. The van der Waals surface area contributed by atoms with E-state index in [0.29, 0.717) is 0 Å². The van der Waals surface area contributed by atoms with Crippen LogP contribution in [0.25, 0.3) is 0 Å². The molecule has 0 saturated carbocycles. The Hall–Kier alpha value is 2.99. The predicted octanol–water partition coefficient (Wildman–Crippen LogP) is 2.28. The van der Waals surface area contributed by atoms with Gasteiger partial charge in [0.1, 0.15) is 0 Å². The summed E-state index contributed by atoms with van der Waals surface area (Å²) >= 11 is 7.54. The molecule has 0 aliphatic rings. The Bertz CT molecular complexity index is 8.00. The van der Waals surface area contributed by atoms with Crippen LogP contribution >= 0.6 is 55.9 Å². The van der Waals surface area contributed by atoms with Gasteiger partial charge in [-0.3, -0.25) is 0 Å². The molecule has 0 unspecified atom stereocenters. The molecule has 0 atom stereocenters. The fraction of sp³-hybridized carbons (Fsp3) is 0. The summed E-state index contributed by atoms with van der Waals surface area (Å²) in [6.07, 6.45) is 0. The van der Waals surface area contributed by atoms with E-state index in [1.807, 2.05) is 0 Å². The fourth-order valence-corrected chi connectivity index (χ4v) is 0. The van der Waals surface area contributed by atoms with Crippen molar-refractivity contribution in [1.82, 2.24) is 0 Å². The molecule has 4 heavy (non-hydrogen) atoms. The first kappa shape index (κ1) is 6.99. The van der Waals surface area contributed by atoms with E-state index in [-0.39, 0.29) is 0 Å². The molecule has 0 saturated heterocycles. The topological polar surface area (TPSA) is 0 Å². The van der Waals surface area contributed by atoms with Crippen molar-refractivity contribution in [3.8, 4) is 0 Å². The summed E-state index contributed by atoms with van der Waals surface area (Å²) in [6.45, 7) is 0. The van der Waals surface area contributed by atoms with Crippen molar-refractivity contribution in [2.75, 3.05) is 0 Å². The van der Waals surface area contributed by atoms with Gasteiger partial charge >= 0.3 is 63.8 Å². The third-order valence-corrected chi connectivity index (χ3v) is 0. The fourth-order valence-electron chi connectivity index (χ4n) is 0. The van der Waals surface area contributed by atoms with Gasteiger partial charge < -0.3 is 0 Å². The van der Waals surface area contributed by atoms with Crippen LogP contribution in [0.4, 0.5) is 0 Å². The molecule has 4 heteroatoms. The zero-order valence-electron chi connectivity index (χ0n) is 1.63. The molecule has 0 heterocycles. The van der Waals surface area contributed by atoms with Crippen molar-refractivity contribution in [3.05, 3.63) is 0 Å². The predicted molar refractivity (Wildman–Crippen MR) is 47.8 cm³/mol. The summed E-state index contributed by atoms with van der Waals surface area (Å²) in [5, 5.41) is 0. The van der Waals surface area contributed by atoms with E-state index in [1.165, 1.54) is 0 Å². The molecule has 0 N–H and O–H groups in total. The van der Waals surface area contributed by atoms with Crippen molar-refractivity contribution < 1.29 is 0 Å². The van der Waals surface area contributed by atoms with Crippen LogP contribution in [-0.2, 0) is 0 Å². The zero-order chi connectivity index (χ0) is 3.58. The molecule has 0 amide bonds. The Morgan fingerprint density at radius 2 is 1.00 bits per heavy atom. The van der Waals surface area contributed by atoms with Crippen LogP contribution in [0.15, 0.2) is 0 Å². The summed E-state index contributed by atoms with van der Waals surface area (Å²) in [7, 11) is -0.633. The molecule has 0 rings (SSSR count). The van der Waals surface area contributed by atoms with Crippen LogP contribution in [0, 0.1) is 0 Å². The van der Waals surface area contributed by atoms with Crippen molar-refractivity contribution in [2.24, 2.45) is 0 Å². The second-order valence-electron chi connectivity index (χ2n) is 0.214. The van der Waals surface area contributed by atoms with Crippen molar-refractivity contribution in [3.63, 3.8) is 0 Å². The second kappa shape index (κ2) is 4.16. The summed E-state index contributed by atoms with van der Waals surface area (Å²) in [6, 6.07) is 0. The normalized spacial score (nSPS) is 9.00. The molecular formula is I3Sn.